The van der Waals surface area contributed by atoms with Gasteiger partial charge in [-0.1, -0.05) is 19.1 Å². The Kier molecular flexibility index (Phi) is 4.72. The largest absolute Gasteiger partial charge is 0.330 e. The van der Waals surface area contributed by atoms with E-state index in [1.54, 1.807) is 0 Å². The van der Waals surface area contributed by atoms with Gasteiger partial charge in [0.15, 0.2) is 0 Å². The van der Waals surface area contributed by atoms with Gasteiger partial charge in [0.25, 0.3) is 0 Å². The molecule has 2 nitrogen and oxygen atoms in total. The van der Waals surface area contributed by atoms with Gasteiger partial charge in [-0.25, -0.2) is 4.39 Å². The summed E-state index contributed by atoms with van der Waals surface area (Å²) in [6.45, 7) is 3.34. The van der Waals surface area contributed by atoms with Crippen LogP contribution in [0.15, 0.2) is 24.3 Å². The SMILES string of the molecule is CC(CC(CN)CN)c1ccc(F)cc1. The number of nitrogens with two attached hydrogens (primary N) is 2. The Labute approximate surface area is 90.5 Å². The van der Waals surface area contributed by atoms with Crippen LogP contribution in [0.3, 0.4) is 0 Å². The first-order valence-corrected chi connectivity index (χ1v) is 5.33. The third-order valence-electron chi connectivity index (χ3n) is 2.79. The fourth-order valence-corrected chi connectivity index (χ4v) is 1.72. The van der Waals surface area contributed by atoms with E-state index in [4.69, 9.17) is 11.5 Å². The Morgan fingerprint density at radius 1 is 1.13 bits per heavy atom. The normalized spacial score (nSPS) is 13.1. The highest BCUT2D eigenvalue weighted by Gasteiger charge is 2.11. The number of hydrogen-bond donors (Lipinski definition) is 2. The molecule has 84 valence electrons. The lowest BCUT2D eigenvalue weighted by atomic mass is 9.90. The van der Waals surface area contributed by atoms with Crippen molar-refractivity contribution < 1.29 is 4.39 Å². The zero-order chi connectivity index (χ0) is 11.3. The number of hydrogen-bond acceptors (Lipinski definition) is 2. The van der Waals surface area contributed by atoms with E-state index >= 15 is 0 Å². The summed E-state index contributed by atoms with van der Waals surface area (Å²) in [4.78, 5) is 0. The van der Waals surface area contributed by atoms with Crippen LogP contribution in [0, 0.1) is 11.7 Å². The van der Waals surface area contributed by atoms with Crippen molar-refractivity contribution >= 4 is 0 Å². The highest BCUT2D eigenvalue weighted by Crippen LogP contribution is 2.22. The van der Waals surface area contributed by atoms with E-state index in [9.17, 15) is 4.39 Å². The van der Waals surface area contributed by atoms with Gasteiger partial charge < -0.3 is 11.5 Å². The second-order valence-corrected chi connectivity index (χ2v) is 4.03. The maximum atomic E-state index is 12.7. The Balaban J connectivity index is 2.60. The van der Waals surface area contributed by atoms with Gasteiger partial charge >= 0.3 is 0 Å². The van der Waals surface area contributed by atoms with Gasteiger partial charge in [-0.15, -0.1) is 0 Å². The molecule has 0 aromatic heterocycles. The minimum atomic E-state index is -0.194. The minimum absolute atomic E-state index is 0.194. The first-order chi connectivity index (χ1) is 7.17. The average Bonchev–Trinajstić information content (AvgIpc) is 2.26. The molecule has 3 heteroatoms. The number of halogens is 1. The molecule has 1 aromatic rings. The predicted molar refractivity (Wildman–Crippen MR) is 61.0 cm³/mol. The standard InChI is InChI=1S/C12H19FN2/c1-9(6-10(7-14)8-15)11-2-4-12(13)5-3-11/h2-5,9-10H,6-8,14-15H2,1H3. The minimum Gasteiger partial charge on any atom is -0.330 e. The van der Waals surface area contributed by atoms with Crippen molar-refractivity contribution in [1.82, 2.24) is 0 Å². The zero-order valence-corrected chi connectivity index (χ0v) is 9.12. The van der Waals surface area contributed by atoms with Crippen molar-refractivity contribution in [3.8, 4) is 0 Å². The van der Waals surface area contributed by atoms with Gasteiger partial charge in [0.1, 0.15) is 5.82 Å². The number of rotatable bonds is 5. The van der Waals surface area contributed by atoms with Crippen molar-refractivity contribution in [1.29, 1.82) is 0 Å². The molecule has 0 bridgehead atoms. The molecule has 0 radical (unpaired) electrons. The molecule has 0 saturated heterocycles. The van der Waals surface area contributed by atoms with E-state index in [1.807, 2.05) is 12.1 Å². The molecule has 1 atom stereocenters. The van der Waals surface area contributed by atoms with E-state index in [0.717, 1.165) is 12.0 Å². The predicted octanol–water partition coefficient (Wildman–Crippen LogP) is 1.85. The van der Waals surface area contributed by atoms with Crippen molar-refractivity contribution in [2.24, 2.45) is 17.4 Å². The monoisotopic (exact) mass is 210 g/mol. The second kappa shape index (κ2) is 5.83. The Morgan fingerprint density at radius 3 is 2.13 bits per heavy atom. The summed E-state index contributed by atoms with van der Waals surface area (Å²) in [6.07, 6.45) is 0.957. The molecule has 15 heavy (non-hydrogen) atoms. The fraction of sp³-hybridized carbons (Fsp3) is 0.500. The zero-order valence-electron chi connectivity index (χ0n) is 9.12. The summed E-state index contributed by atoms with van der Waals surface area (Å²) in [6, 6.07) is 6.63. The van der Waals surface area contributed by atoms with E-state index in [2.05, 4.69) is 6.92 Å². The average molecular weight is 210 g/mol. The van der Waals surface area contributed by atoms with Crippen LogP contribution in [0.2, 0.25) is 0 Å². The van der Waals surface area contributed by atoms with E-state index < -0.39 is 0 Å². The van der Waals surface area contributed by atoms with Crippen molar-refractivity contribution in [2.45, 2.75) is 19.3 Å². The molecule has 0 spiro atoms. The number of benzene rings is 1. The molecule has 1 unspecified atom stereocenters. The summed E-state index contributed by atoms with van der Waals surface area (Å²) in [7, 11) is 0. The van der Waals surface area contributed by atoms with Crippen LogP contribution in [0.5, 0.6) is 0 Å². The van der Waals surface area contributed by atoms with Crippen molar-refractivity contribution in [2.75, 3.05) is 13.1 Å². The molecular weight excluding hydrogens is 191 g/mol. The maximum absolute atomic E-state index is 12.7. The van der Waals surface area contributed by atoms with Crippen LogP contribution >= 0.6 is 0 Å². The molecule has 0 aliphatic heterocycles. The third kappa shape index (κ3) is 3.61. The molecule has 0 aliphatic carbocycles. The lowest BCUT2D eigenvalue weighted by molar-refractivity contribution is 0.465. The van der Waals surface area contributed by atoms with E-state index in [0.29, 0.717) is 24.9 Å². The molecule has 1 aromatic carbocycles. The van der Waals surface area contributed by atoms with Crippen LogP contribution in [-0.2, 0) is 0 Å². The Hall–Kier alpha value is -0.930. The van der Waals surface area contributed by atoms with Crippen LogP contribution in [0.1, 0.15) is 24.8 Å². The van der Waals surface area contributed by atoms with E-state index in [1.165, 1.54) is 12.1 Å². The Bertz CT molecular complexity index is 280. The van der Waals surface area contributed by atoms with Gasteiger partial charge in [-0.2, -0.15) is 0 Å². The smallest absolute Gasteiger partial charge is 0.123 e. The van der Waals surface area contributed by atoms with Gasteiger partial charge in [0.2, 0.25) is 0 Å². The summed E-state index contributed by atoms with van der Waals surface area (Å²) >= 11 is 0. The van der Waals surface area contributed by atoms with Gasteiger partial charge in [0.05, 0.1) is 0 Å². The first kappa shape index (κ1) is 12.1. The second-order valence-electron chi connectivity index (χ2n) is 4.03. The molecule has 0 amide bonds. The van der Waals surface area contributed by atoms with E-state index in [-0.39, 0.29) is 5.82 Å². The lowest BCUT2D eigenvalue weighted by Gasteiger charge is -2.18. The molecule has 0 heterocycles. The molecule has 1 rings (SSSR count). The summed E-state index contributed by atoms with van der Waals surface area (Å²) in [5, 5.41) is 0. The fourth-order valence-electron chi connectivity index (χ4n) is 1.72. The van der Waals surface area contributed by atoms with Crippen LogP contribution < -0.4 is 11.5 Å². The summed E-state index contributed by atoms with van der Waals surface area (Å²) < 4.78 is 12.7. The summed E-state index contributed by atoms with van der Waals surface area (Å²) in [5.41, 5.74) is 12.3. The third-order valence-corrected chi connectivity index (χ3v) is 2.79. The molecule has 0 fully saturated rings. The Morgan fingerprint density at radius 2 is 1.67 bits per heavy atom. The lowest BCUT2D eigenvalue weighted by Crippen LogP contribution is -2.24. The highest BCUT2D eigenvalue weighted by molar-refractivity contribution is 5.19. The first-order valence-electron chi connectivity index (χ1n) is 5.33. The van der Waals surface area contributed by atoms with Crippen molar-refractivity contribution in [3.63, 3.8) is 0 Å². The molecule has 4 N–H and O–H groups in total. The van der Waals surface area contributed by atoms with Crippen LogP contribution in [-0.4, -0.2) is 13.1 Å². The van der Waals surface area contributed by atoms with Crippen LogP contribution in [0.25, 0.3) is 0 Å². The summed E-state index contributed by atoms with van der Waals surface area (Å²) in [5.74, 6) is 0.535. The van der Waals surface area contributed by atoms with Crippen molar-refractivity contribution in [3.05, 3.63) is 35.6 Å². The molecule has 0 saturated carbocycles. The molecule has 0 aliphatic rings. The van der Waals surface area contributed by atoms with Gasteiger partial charge in [-0.3, -0.25) is 0 Å². The highest BCUT2D eigenvalue weighted by atomic mass is 19.1. The maximum Gasteiger partial charge on any atom is 0.123 e. The van der Waals surface area contributed by atoms with Crippen LogP contribution in [0.4, 0.5) is 4.39 Å². The topological polar surface area (TPSA) is 52.0 Å². The van der Waals surface area contributed by atoms with Gasteiger partial charge in [-0.05, 0) is 49.0 Å². The quantitative estimate of drug-likeness (QED) is 0.779. The van der Waals surface area contributed by atoms with Gasteiger partial charge in [0, 0.05) is 0 Å². The molecular formula is C12H19FN2.